The van der Waals surface area contributed by atoms with Crippen molar-refractivity contribution in [2.75, 3.05) is 0 Å². The highest BCUT2D eigenvalue weighted by molar-refractivity contribution is 6.07. The number of carbonyl (C=O) groups is 2. The largest absolute Gasteiger partial charge is 0.390 e. The number of primary amides is 1. The van der Waals surface area contributed by atoms with Crippen LogP contribution in [0.1, 0.15) is 74.7 Å². The van der Waals surface area contributed by atoms with Crippen molar-refractivity contribution in [2.24, 2.45) is 5.73 Å². The van der Waals surface area contributed by atoms with Crippen LogP contribution >= 0.6 is 0 Å². The second kappa shape index (κ2) is 8.27. The van der Waals surface area contributed by atoms with E-state index in [9.17, 15) is 19.5 Å². The molecule has 150 valence electrons. The van der Waals surface area contributed by atoms with Gasteiger partial charge < -0.3 is 15.4 Å². The standard InChI is InChI=1S/C22H28N2O4/c1-15(20(23)26)24-14-10-16-17(7-6-8-18(16)21(24)27)19(25)9-13-22(28)11-4-2-3-5-12-22/h6-8,10,14-15,28H,2-5,9,11-13H2,1H3,(H2,23,26)/t15-/m1/s1. The van der Waals surface area contributed by atoms with Crippen molar-refractivity contribution in [1.82, 2.24) is 4.57 Å². The summed E-state index contributed by atoms with van der Waals surface area (Å²) in [6, 6.07) is 5.96. The minimum Gasteiger partial charge on any atom is -0.390 e. The lowest BCUT2D eigenvalue weighted by molar-refractivity contribution is -0.120. The highest BCUT2D eigenvalue weighted by Gasteiger charge is 2.29. The third kappa shape index (κ3) is 4.17. The van der Waals surface area contributed by atoms with Gasteiger partial charge in [-0.05, 0) is 43.7 Å². The van der Waals surface area contributed by atoms with Gasteiger partial charge in [0.2, 0.25) is 5.91 Å². The van der Waals surface area contributed by atoms with Gasteiger partial charge in [0.15, 0.2) is 5.78 Å². The second-order valence-electron chi connectivity index (χ2n) is 7.94. The average molecular weight is 384 g/mol. The summed E-state index contributed by atoms with van der Waals surface area (Å²) in [5.74, 6) is -0.673. The van der Waals surface area contributed by atoms with Gasteiger partial charge in [-0.2, -0.15) is 0 Å². The Hall–Kier alpha value is -2.47. The number of carbonyl (C=O) groups excluding carboxylic acids is 2. The molecule has 0 saturated heterocycles. The number of ketones is 1. The van der Waals surface area contributed by atoms with Gasteiger partial charge in [0.1, 0.15) is 6.04 Å². The number of hydrogen-bond acceptors (Lipinski definition) is 4. The maximum atomic E-state index is 12.9. The normalized spacial score (nSPS) is 17.8. The van der Waals surface area contributed by atoms with E-state index in [1.165, 1.54) is 10.8 Å². The molecule has 1 atom stereocenters. The summed E-state index contributed by atoms with van der Waals surface area (Å²) >= 11 is 0. The summed E-state index contributed by atoms with van der Waals surface area (Å²) in [7, 11) is 0. The van der Waals surface area contributed by atoms with Crippen LogP contribution in [-0.2, 0) is 4.79 Å². The third-order valence-electron chi connectivity index (χ3n) is 5.95. The van der Waals surface area contributed by atoms with E-state index in [1.54, 1.807) is 31.2 Å². The Bertz CT molecular complexity index is 939. The fourth-order valence-electron chi connectivity index (χ4n) is 4.10. The predicted octanol–water partition coefficient (Wildman–Crippen LogP) is 3.10. The molecule has 0 radical (unpaired) electrons. The first kappa shape index (κ1) is 20.3. The van der Waals surface area contributed by atoms with Gasteiger partial charge in [-0.3, -0.25) is 14.4 Å². The Balaban J connectivity index is 1.86. The van der Waals surface area contributed by atoms with E-state index in [0.717, 1.165) is 38.5 Å². The molecule has 3 rings (SSSR count). The van der Waals surface area contributed by atoms with Gasteiger partial charge in [-0.25, -0.2) is 0 Å². The summed E-state index contributed by atoms with van der Waals surface area (Å²) in [5.41, 5.74) is 4.68. The molecule has 0 spiro atoms. The quantitative estimate of drug-likeness (QED) is 0.590. The fourth-order valence-corrected chi connectivity index (χ4v) is 4.10. The zero-order chi connectivity index (χ0) is 20.3. The number of nitrogens with zero attached hydrogens (tertiary/aromatic N) is 1. The average Bonchev–Trinajstić information content (AvgIpc) is 2.90. The lowest BCUT2D eigenvalue weighted by Crippen LogP contribution is -2.31. The summed E-state index contributed by atoms with van der Waals surface area (Å²) in [5, 5.41) is 11.8. The van der Waals surface area contributed by atoms with Gasteiger partial charge >= 0.3 is 0 Å². The van der Waals surface area contributed by atoms with Gasteiger partial charge in [-0.15, -0.1) is 0 Å². The maximum Gasteiger partial charge on any atom is 0.259 e. The van der Waals surface area contributed by atoms with Crippen LogP contribution in [0.4, 0.5) is 0 Å². The second-order valence-corrected chi connectivity index (χ2v) is 7.94. The molecule has 1 aromatic heterocycles. The molecule has 28 heavy (non-hydrogen) atoms. The lowest BCUT2D eigenvalue weighted by Gasteiger charge is -2.26. The highest BCUT2D eigenvalue weighted by Crippen LogP contribution is 2.31. The first-order valence-corrected chi connectivity index (χ1v) is 10.0. The molecule has 0 unspecified atom stereocenters. The SMILES string of the molecule is C[C@H](C(N)=O)n1ccc2c(C(=O)CCC3(O)CCCCCC3)cccc2c1=O. The molecule has 1 saturated carbocycles. The molecule has 6 nitrogen and oxygen atoms in total. The van der Waals surface area contributed by atoms with Crippen LogP contribution in [0.5, 0.6) is 0 Å². The molecule has 0 aliphatic heterocycles. The number of rotatable bonds is 6. The number of benzene rings is 1. The number of nitrogens with two attached hydrogens (primary N) is 1. The first-order chi connectivity index (χ1) is 13.3. The van der Waals surface area contributed by atoms with Gasteiger partial charge in [0, 0.05) is 23.6 Å². The molecule has 3 N–H and O–H groups in total. The van der Waals surface area contributed by atoms with E-state index in [1.807, 2.05) is 0 Å². The molecule has 6 heteroatoms. The van der Waals surface area contributed by atoms with Crippen molar-refractivity contribution in [1.29, 1.82) is 0 Å². The molecule has 1 amide bonds. The minimum absolute atomic E-state index is 0.0802. The Morgan fingerprint density at radius 3 is 2.46 bits per heavy atom. The van der Waals surface area contributed by atoms with E-state index in [0.29, 0.717) is 22.8 Å². The van der Waals surface area contributed by atoms with Crippen LogP contribution in [0.25, 0.3) is 10.8 Å². The van der Waals surface area contributed by atoms with E-state index < -0.39 is 17.6 Å². The van der Waals surface area contributed by atoms with Crippen LogP contribution in [0, 0.1) is 0 Å². The number of Topliss-reactive ketones (excluding diaryl/α,β-unsaturated/α-hetero) is 1. The maximum absolute atomic E-state index is 12.9. The van der Waals surface area contributed by atoms with Crippen molar-refractivity contribution in [2.45, 2.75) is 69.9 Å². The van der Waals surface area contributed by atoms with Gasteiger partial charge in [0.25, 0.3) is 5.56 Å². The molecule has 1 heterocycles. The van der Waals surface area contributed by atoms with Crippen LogP contribution < -0.4 is 11.3 Å². The predicted molar refractivity (Wildman–Crippen MR) is 108 cm³/mol. The molecular formula is C22H28N2O4. The van der Waals surface area contributed by atoms with Crippen molar-refractivity contribution in [3.63, 3.8) is 0 Å². The Labute approximate surface area is 164 Å². The number of amides is 1. The molecule has 2 aromatic rings. The summed E-state index contributed by atoms with van der Waals surface area (Å²) in [4.78, 5) is 37.1. The van der Waals surface area contributed by atoms with E-state index in [4.69, 9.17) is 5.73 Å². The van der Waals surface area contributed by atoms with Crippen LogP contribution in [0.15, 0.2) is 35.3 Å². The zero-order valence-electron chi connectivity index (χ0n) is 16.3. The van der Waals surface area contributed by atoms with Crippen molar-refractivity contribution in [3.05, 3.63) is 46.4 Å². The van der Waals surface area contributed by atoms with Crippen LogP contribution in [0.3, 0.4) is 0 Å². The van der Waals surface area contributed by atoms with Gasteiger partial charge in [0.05, 0.1) is 5.60 Å². The van der Waals surface area contributed by atoms with Crippen molar-refractivity contribution < 1.29 is 14.7 Å². The zero-order valence-corrected chi connectivity index (χ0v) is 16.3. The number of pyridine rings is 1. The van der Waals surface area contributed by atoms with E-state index in [-0.39, 0.29) is 17.8 Å². The Morgan fingerprint density at radius 1 is 1.14 bits per heavy atom. The summed E-state index contributed by atoms with van der Waals surface area (Å²) in [6.07, 6.45) is 7.94. The monoisotopic (exact) mass is 384 g/mol. The Kier molecular flexibility index (Phi) is 5.98. The number of aromatic nitrogens is 1. The molecule has 1 aromatic carbocycles. The highest BCUT2D eigenvalue weighted by atomic mass is 16.3. The van der Waals surface area contributed by atoms with E-state index in [2.05, 4.69) is 0 Å². The van der Waals surface area contributed by atoms with Crippen molar-refractivity contribution in [3.8, 4) is 0 Å². The molecule has 1 aliphatic carbocycles. The Morgan fingerprint density at radius 2 is 1.82 bits per heavy atom. The number of hydrogen-bond donors (Lipinski definition) is 2. The van der Waals surface area contributed by atoms with Crippen LogP contribution in [0.2, 0.25) is 0 Å². The molecule has 1 fully saturated rings. The summed E-state index contributed by atoms with van der Waals surface area (Å²) < 4.78 is 1.28. The minimum atomic E-state index is -0.764. The van der Waals surface area contributed by atoms with Crippen LogP contribution in [-0.4, -0.2) is 27.0 Å². The molecular weight excluding hydrogens is 356 g/mol. The van der Waals surface area contributed by atoms with E-state index >= 15 is 0 Å². The van der Waals surface area contributed by atoms with Crippen molar-refractivity contribution >= 4 is 22.5 Å². The number of aliphatic hydroxyl groups is 1. The third-order valence-corrected chi connectivity index (χ3v) is 5.95. The number of fused-ring (bicyclic) bond motifs is 1. The summed E-state index contributed by atoms with van der Waals surface area (Å²) in [6.45, 7) is 1.57. The lowest BCUT2D eigenvalue weighted by atomic mass is 9.87. The molecule has 1 aliphatic rings. The van der Waals surface area contributed by atoms with Gasteiger partial charge in [-0.1, -0.05) is 37.8 Å². The smallest absolute Gasteiger partial charge is 0.259 e. The molecule has 0 bridgehead atoms. The fraction of sp³-hybridized carbons (Fsp3) is 0.500. The topological polar surface area (TPSA) is 102 Å². The first-order valence-electron chi connectivity index (χ1n) is 10.0.